The predicted molar refractivity (Wildman–Crippen MR) is 59.2 cm³/mol. The third-order valence-electron chi connectivity index (χ3n) is 3.64. The van der Waals surface area contributed by atoms with Crippen LogP contribution in [0.15, 0.2) is 0 Å². The molecular formula is C10H24BN. The van der Waals surface area contributed by atoms with E-state index in [2.05, 4.69) is 42.5 Å². The summed E-state index contributed by atoms with van der Waals surface area (Å²) in [5.74, 6) is 2.04. The third kappa shape index (κ3) is 2.82. The molecule has 0 aromatic carbocycles. The van der Waals surface area contributed by atoms with Gasteiger partial charge in [0.1, 0.15) is 7.85 Å². The van der Waals surface area contributed by atoms with E-state index in [1.54, 1.807) is 0 Å². The summed E-state index contributed by atoms with van der Waals surface area (Å²) in [6.45, 7) is 11.2. The Kier molecular flexibility index (Phi) is 4.32. The molecule has 0 amide bonds. The van der Waals surface area contributed by atoms with Gasteiger partial charge in [0.25, 0.3) is 0 Å². The van der Waals surface area contributed by atoms with Gasteiger partial charge in [-0.15, -0.1) is 0 Å². The van der Waals surface area contributed by atoms with E-state index in [1.165, 1.54) is 0 Å². The number of hydrogen-bond acceptors (Lipinski definition) is 1. The molecule has 4 unspecified atom stereocenters. The Morgan fingerprint density at radius 2 is 1.75 bits per heavy atom. The molecule has 0 bridgehead atoms. The fourth-order valence-electron chi connectivity index (χ4n) is 1.50. The molecule has 0 aliphatic carbocycles. The summed E-state index contributed by atoms with van der Waals surface area (Å²) in [5.41, 5.74) is 6.20. The molecule has 0 spiro atoms. The van der Waals surface area contributed by atoms with Gasteiger partial charge in [0.05, 0.1) is 0 Å². The van der Waals surface area contributed by atoms with Gasteiger partial charge in [-0.05, 0) is 25.2 Å². The van der Waals surface area contributed by atoms with E-state index < -0.39 is 0 Å². The van der Waals surface area contributed by atoms with E-state index in [0.717, 1.165) is 12.2 Å². The maximum Gasteiger partial charge on any atom is 0.105 e. The second-order valence-electron chi connectivity index (χ2n) is 4.75. The largest absolute Gasteiger partial charge is 0.325 e. The zero-order valence-corrected chi connectivity index (χ0v) is 9.52. The molecule has 12 heavy (non-hydrogen) atoms. The van der Waals surface area contributed by atoms with Crippen LogP contribution in [0.4, 0.5) is 0 Å². The Morgan fingerprint density at radius 3 is 2.00 bits per heavy atom. The lowest BCUT2D eigenvalue weighted by Crippen LogP contribution is -2.45. The molecule has 0 aliphatic heterocycles. The molecule has 0 aromatic rings. The summed E-state index contributed by atoms with van der Waals surface area (Å²) in [5, 5.41) is 0. The minimum Gasteiger partial charge on any atom is -0.325 e. The Labute approximate surface area is 78.5 Å². The van der Waals surface area contributed by atoms with E-state index in [0.29, 0.717) is 11.8 Å². The van der Waals surface area contributed by atoms with Crippen LogP contribution in [0.2, 0.25) is 5.82 Å². The van der Waals surface area contributed by atoms with Gasteiger partial charge >= 0.3 is 0 Å². The number of hydrogen-bond donors (Lipinski definition) is 1. The fraction of sp³-hybridized carbons (Fsp3) is 1.00. The highest BCUT2D eigenvalue weighted by Gasteiger charge is 2.29. The van der Waals surface area contributed by atoms with Crippen molar-refractivity contribution >= 4 is 7.85 Å². The fourth-order valence-corrected chi connectivity index (χ4v) is 1.50. The summed E-state index contributed by atoms with van der Waals surface area (Å²) in [7, 11) is 2.27. The Bertz CT molecular complexity index is 132. The average Bonchev–Trinajstić information content (AvgIpc) is 2.01. The van der Waals surface area contributed by atoms with Crippen molar-refractivity contribution in [3.05, 3.63) is 0 Å². The van der Waals surface area contributed by atoms with Gasteiger partial charge < -0.3 is 5.73 Å². The highest BCUT2D eigenvalue weighted by molar-refractivity contribution is 6.11. The van der Waals surface area contributed by atoms with Crippen molar-refractivity contribution in [1.29, 1.82) is 0 Å². The van der Waals surface area contributed by atoms with Gasteiger partial charge in [-0.25, -0.2) is 0 Å². The summed E-state index contributed by atoms with van der Waals surface area (Å²) in [6, 6.07) is 0. The molecule has 0 saturated heterocycles. The predicted octanol–water partition coefficient (Wildman–Crippen LogP) is 1.83. The minimum absolute atomic E-state index is 0.00366. The lowest BCUT2D eigenvalue weighted by molar-refractivity contribution is 0.223. The van der Waals surface area contributed by atoms with Gasteiger partial charge in [0.15, 0.2) is 0 Å². The maximum atomic E-state index is 6.20. The maximum absolute atomic E-state index is 6.20. The van der Waals surface area contributed by atoms with Crippen LogP contribution in [0.1, 0.15) is 41.0 Å². The normalized spacial score (nSPS) is 24.2. The average molecular weight is 169 g/mol. The molecule has 0 rings (SSSR count). The van der Waals surface area contributed by atoms with Crippen molar-refractivity contribution in [2.75, 3.05) is 0 Å². The van der Waals surface area contributed by atoms with Crippen LogP contribution in [-0.2, 0) is 0 Å². The van der Waals surface area contributed by atoms with Crippen LogP contribution < -0.4 is 5.73 Å². The van der Waals surface area contributed by atoms with Gasteiger partial charge in [-0.3, -0.25) is 0 Å². The molecule has 0 saturated carbocycles. The monoisotopic (exact) mass is 169 g/mol. The smallest absolute Gasteiger partial charge is 0.105 e. The Hall–Kier alpha value is 0.0249. The second kappa shape index (κ2) is 4.31. The van der Waals surface area contributed by atoms with Crippen molar-refractivity contribution in [2.24, 2.45) is 17.6 Å². The van der Waals surface area contributed by atoms with E-state index in [9.17, 15) is 0 Å². The first-order valence-corrected chi connectivity index (χ1v) is 5.11. The van der Waals surface area contributed by atoms with Gasteiger partial charge in [0.2, 0.25) is 0 Å². The molecule has 1 nitrogen and oxygen atoms in total. The molecule has 0 aliphatic rings. The quantitative estimate of drug-likeness (QED) is 0.638. The van der Waals surface area contributed by atoms with Crippen LogP contribution in [0.5, 0.6) is 0 Å². The van der Waals surface area contributed by atoms with Crippen LogP contribution in [0.3, 0.4) is 0 Å². The van der Waals surface area contributed by atoms with Crippen LogP contribution in [0, 0.1) is 11.8 Å². The van der Waals surface area contributed by atoms with Crippen molar-refractivity contribution < 1.29 is 0 Å². The molecule has 0 heterocycles. The molecule has 0 aromatic heterocycles. The molecule has 0 radical (unpaired) electrons. The molecular weight excluding hydrogens is 145 g/mol. The first kappa shape index (κ1) is 12.0. The molecule has 4 atom stereocenters. The van der Waals surface area contributed by atoms with Crippen molar-refractivity contribution in [2.45, 2.75) is 52.4 Å². The topological polar surface area (TPSA) is 26.0 Å². The highest BCUT2D eigenvalue weighted by atomic mass is 14.7. The van der Waals surface area contributed by atoms with E-state index in [-0.39, 0.29) is 5.54 Å². The first-order chi connectivity index (χ1) is 5.33. The lowest BCUT2D eigenvalue weighted by Gasteiger charge is -2.36. The highest BCUT2D eigenvalue weighted by Crippen LogP contribution is 2.31. The Balaban J connectivity index is 4.27. The van der Waals surface area contributed by atoms with E-state index in [1.807, 2.05) is 0 Å². The zero-order valence-electron chi connectivity index (χ0n) is 9.52. The van der Waals surface area contributed by atoms with Gasteiger partial charge in [-0.1, -0.05) is 33.5 Å². The summed E-state index contributed by atoms with van der Waals surface area (Å²) in [4.78, 5) is 0. The summed E-state index contributed by atoms with van der Waals surface area (Å²) >= 11 is 0. The van der Waals surface area contributed by atoms with Gasteiger partial charge in [-0.2, -0.15) is 0 Å². The summed E-state index contributed by atoms with van der Waals surface area (Å²) < 4.78 is 0. The standard InChI is InChI=1S/C10H24BN/c1-6-10(5,12)8(3)7(2)9(4)11/h7-9H,6,11-12H2,1-5H3. The van der Waals surface area contributed by atoms with E-state index >= 15 is 0 Å². The molecule has 2 heteroatoms. The second-order valence-corrected chi connectivity index (χ2v) is 4.75. The van der Waals surface area contributed by atoms with Crippen LogP contribution >= 0.6 is 0 Å². The van der Waals surface area contributed by atoms with E-state index in [4.69, 9.17) is 5.73 Å². The van der Waals surface area contributed by atoms with Crippen molar-refractivity contribution in [1.82, 2.24) is 0 Å². The van der Waals surface area contributed by atoms with Gasteiger partial charge in [0, 0.05) is 5.54 Å². The SMILES string of the molecule is BC(C)C(C)C(C)C(C)(N)CC. The third-order valence-corrected chi connectivity index (χ3v) is 3.64. The first-order valence-electron chi connectivity index (χ1n) is 5.11. The lowest BCUT2D eigenvalue weighted by atomic mass is 9.67. The molecule has 2 N–H and O–H groups in total. The van der Waals surface area contributed by atoms with Crippen molar-refractivity contribution in [3.8, 4) is 0 Å². The summed E-state index contributed by atoms with van der Waals surface area (Å²) in [6.07, 6.45) is 1.06. The minimum atomic E-state index is 0.00366. The van der Waals surface area contributed by atoms with Crippen molar-refractivity contribution in [3.63, 3.8) is 0 Å². The van der Waals surface area contributed by atoms with Crippen LogP contribution in [0.25, 0.3) is 0 Å². The number of nitrogens with two attached hydrogens (primary N) is 1. The Morgan fingerprint density at radius 1 is 1.33 bits per heavy atom. The number of rotatable bonds is 4. The van der Waals surface area contributed by atoms with Crippen LogP contribution in [-0.4, -0.2) is 13.4 Å². The molecule has 0 fully saturated rings. The zero-order chi connectivity index (χ0) is 9.94. The molecule has 72 valence electrons.